The molecule has 1 aromatic heterocycles. The fourth-order valence-corrected chi connectivity index (χ4v) is 4.10. The number of hydrogen-bond donors (Lipinski definition) is 2. The Kier molecular flexibility index (Phi) is 5.78. The van der Waals surface area contributed by atoms with Gasteiger partial charge in [-0.3, -0.25) is 14.7 Å². The highest BCUT2D eigenvalue weighted by Gasteiger charge is 2.22. The summed E-state index contributed by atoms with van der Waals surface area (Å²) >= 11 is 0. The highest BCUT2D eigenvalue weighted by Crippen LogP contribution is 2.36. The molecule has 0 aliphatic carbocycles. The Bertz CT molecular complexity index is 1270. The van der Waals surface area contributed by atoms with E-state index in [1.165, 1.54) is 0 Å². The quantitative estimate of drug-likeness (QED) is 0.327. The molecule has 3 aromatic carbocycles. The molecular formula is C26H23N3O4. The second-order valence-electron chi connectivity index (χ2n) is 7.79. The van der Waals surface area contributed by atoms with Gasteiger partial charge < -0.3 is 9.47 Å². The number of nitrogens with zero attached hydrogens (tertiary/aromatic N) is 2. The average Bonchev–Trinajstić information content (AvgIpc) is 3.47. The lowest BCUT2D eigenvalue weighted by Crippen LogP contribution is -2.19. The molecule has 0 saturated carbocycles. The Morgan fingerprint density at radius 3 is 2.36 bits per heavy atom. The number of carbonyl (C=O) groups is 1. The van der Waals surface area contributed by atoms with Crippen molar-refractivity contribution in [1.82, 2.24) is 15.3 Å². The molecule has 0 bridgehead atoms. The Morgan fingerprint density at radius 2 is 1.64 bits per heavy atom. The summed E-state index contributed by atoms with van der Waals surface area (Å²) in [6.45, 7) is 0.748. The molecule has 7 heteroatoms. The molecule has 7 nitrogen and oxygen atoms in total. The van der Waals surface area contributed by atoms with Crippen molar-refractivity contribution < 1.29 is 19.5 Å². The van der Waals surface area contributed by atoms with Crippen LogP contribution in [0.4, 0.5) is 0 Å². The van der Waals surface area contributed by atoms with Gasteiger partial charge in [0.15, 0.2) is 11.5 Å². The van der Waals surface area contributed by atoms with Crippen molar-refractivity contribution in [3.63, 3.8) is 0 Å². The Labute approximate surface area is 191 Å². The molecule has 0 unspecified atom stereocenters. The van der Waals surface area contributed by atoms with Gasteiger partial charge in [0, 0.05) is 23.1 Å². The van der Waals surface area contributed by atoms with E-state index in [-0.39, 0.29) is 13.2 Å². The lowest BCUT2D eigenvalue weighted by Gasteiger charge is -2.11. The first-order valence-corrected chi connectivity index (χ1v) is 10.7. The third kappa shape index (κ3) is 4.31. The van der Waals surface area contributed by atoms with Crippen LogP contribution < -0.4 is 15.0 Å². The molecule has 1 aliphatic rings. The number of ether oxygens (including phenoxy) is 2. The van der Waals surface area contributed by atoms with Gasteiger partial charge in [-0.15, -0.1) is 0 Å². The first-order chi connectivity index (χ1) is 16.2. The monoisotopic (exact) mass is 441 g/mol. The second kappa shape index (κ2) is 9.18. The van der Waals surface area contributed by atoms with Gasteiger partial charge in [-0.25, -0.2) is 5.48 Å². The summed E-state index contributed by atoms with van der Waals surface area (Å²) in [4.78, 5) is 11.9. The van der Waals surface area contributed by atoms with E-state index in [0.29, 0.717) is 13.0 Å². The van der Waals surface area contributed by atoms with Crippen LogP contribution in [0, 0.1) is 0 Å². The number of benzene rings is 3. The molecule has 166 valence electrons. The van der Waals surface area contributed by atoms with E-state index >= 15 is 0 Å². The van der Waals surface area contributed by atoms with Crippen molar-refractivity contribution in [2.24, 2.45) is 0 Å². The zero-order valence-corrected chi connectivity index (χ0v) is 17.9. The normalized spacial score (nSPS) is 12.0. The molecule has 0 atom stereocenters. The lowest BCUT2D eigenvalue weighted by molar-refractivity contribution is -0.129. The van der Waals surface area contributed by atoms with Crippen LogP contribution >= 0.6 is 0 Å². The molecule has 0 fully saturated rings. The van der Waals surface area contributed by atoms with E-state index in [0.717, 1.165) is 45.1 Å². The van der Waals surface area contributed by atoms with Crippen LogP contribution in [0.1, 0.15) is 17.5 Å². The van der Waals surface area contributed by atoms with Crippen LogP contribution in [0.5, 0.6) is 11.5 Å². The number of nitrogens with one attached hydrogen (secondary N) is 1. The first-order valence-electron chi connectivity index (χ1n) is 10.7. The second-order valence-corrected chi connectivity index (χ2v) is 7.79. The molecule has 33 heavy (non-hydrogen) atoms. The lowest BCUT2D eigenvalue weighted by atomic mass is 9.98. The Balaban J connectivity index is 1.64. The van der Waals surface area contributed by atoms with Crippen molar-refractivity contribution in [2.75, 3.05) is 6.79 Å². The third-order valence-electron chi connectivity index (χ3n) is 5.64. The van der Waals surface area contributed by atoms with E-state index in [9.17, 15) is 4.79 Å². The van der Waals surface area contributed by atoms with Crippen LogP contribution in [0.25, 0.3) is 22.5 Å². The van der Waals surface area contributed by atoms with E-state index < -0.39 is 5.91 Å². The van der Waals surface area contributed by atoms with Gasteiger partial charge in [0.2, 0.25) is 12.7 Å². The number of amides is 1. The molecule has 0 spiro atoms. The Hall–Kier alpha value is -4.10. The molecule has 4 aromatic rings. The number of hydrogen-bond acceptors (Lipinski definition) is 5. The minimum Gasteiger partial charge on any atom is -0.454 e. The third-order valence-corrected chi connectivity index (χ3v) is 5.64. The zero-order valence-electron chi connectivity index (χ0n) is 17.9. The van der Waals surface area contributed by atoms with Gasteiger partial charge in [0.25, 0.3) is 0 Å². The fourth-order valence-electron chi connectivity index (χ4n) is 4.10. The molecule has 5 rings (SSSR count). The van der Waals surface area contributed by atoms with Crippen LogP contribution in [0.3, 0.4) is 0 Å². The maximum Gasteiger partial charge on any atom is 0.243 e. The minimum absolute atomic E-state index is 0.145. The summed E-state index contributed by atoms with van der Waals surface area (Å²) in [5.41, 5.74) is 7.45. The number of fused-ring (bicyclic) bond motifs is 1. The largest absolute Gasteiger partial charge is 0.454 e. The van der Waals surface area contributed by atoms with E-state index in [4.69, 9.17) is 19.8 Å². The summed E-state index contributed by atoms with van der Waals surface area (Å²) in [6.07, 6.45) is 0.577. The van der Waals surface area contributed by atoms with Gasteiger partial charge in [-0.1, -0.05) is 66.7 Å². The summed E-state index contributed by atoms with van der Waals surface area (Å²) in [5, 5.41) is 14.0. The first kappa shape index (κ1) is 20.8. The molecule has 2 heterocycles. The smallest absolute Gasteiger partial charge is 0.243 e. The minimum atomic E-state index is -0.434. The SMILES string of the molecule is O=C(CCc1c(-c2ccccc2)nn(Cc2ccc3c(c2)OCO3)c1-c1ccccc1)NO. The summed E-state index contributed by atoms with van der Waals surface area (Å²) < 4.78 is 13.0. The van der Waals surface area contributed by atoms with E-state index in [1.54, 1.807) is 5.48 Å². The van der Waals surface area contributed by atoms with Crippen LogP contribution in [-0.4, -0.2) is 27.7 Å². The summed E-state index contributed by atoms with van der Waals surface area (Å²) in [5.74, 6) is 1.03. The van der Waals surface area contributed by atoms with Gasteiger partial charge in [0.1, 0.15) is 0 Å². The maximum atomic E-state index is 11.9. The van der Waals surface area contributed by atoms with Gasteiger partial charge in [0.05, 0.1) is 17.9 Å². The topological polar surface area (TPSA) is 85.6 Å². The molecular weight excluding hydrogens is 418 g/mol. The molecule has 0 saturated heterocycles. The predicted octanol–water partition coefficient (Wildman–Crippen LogP) is 4.43. The zero-order chi connectivity index (χ0) is 22.6. The van der Waals surface area contributed by atoms with Crippen molar-refractivity contribution in [3.8, 4) is 34.0 Å². The number of aromatic nitrogens is 2. The van der Waals surface area contributed by atoms with Crippen molar-refractivity contribution in [3.05, 3.63) is 90.0 Å². The molecule has 1 aliphatic heterocycles. The van der Waals surface area contributed by atoms with Gasteiger partial charge in [-0.2, -0.15) is 5.10 Å². The fraction of sp³-hybridized carbons (Fsp3) is 0.154. The van der Waals surface area contributed by atoms with Crippen molar-refractivity contribution in [1.29, 1.82) is 0 Å². The van der Waals surface area contributed by atoms with Gasteiger partial charge >= 0.3 is 0 Å². The number of carbonyl (C=O) groups excluding carboxylic acids is 1. The van der Waals surface area contributed by atoms with Crippen LogP contribution in [0.2, 0.25) is 0 Å². The molecule has 2 N–H and O–H groups in total. The number of rotatable bonds is 7. The van der Waals surface area contributed by atoms with Crippen molar-refractivity contribution in [2.45, 2.75) is 19.4 Å². The van der Waals surface area contributed by atoms with E-state index in [1.807, 2.05) is 83.5 Å². The summed E-state index contributed by atoms with van der Waals surface area (Å²) in [6, 6.07) is 25.8. The standard InChI is InChI=1S/C26H23N3O4/c30-24(28-31)14-12-21-25(19-7-3-1-4-8-19)27-29(26(21)20-9-5-2-6-10-20)16-18-11-13-22-23(15-18)33-17-32-22/h1-11,13,15,31H,12,14,16-17H2,(H,28,30). The average molecular weight is 441 g/mol. The number of hydroxylamine groups is 1. The molecule has 1 amide bonds. The molecule has 0 radical (unpaired) electrons. The van der Waals surface area contributed by atoms with Gasteiger partial charge in [-0.05, 0) is 24.1 Å². The van der Waals surface area contributed by atoms with E-state index in [2.05, 4.69) is 0 Å². The highest BCUT2D eigenvalue weighted by atomic mass is 16.7. The Morgan fingerprint density at radius 1 is 0.939 bits per heavy atom. The van der Waals surface area contributed by atoms with Crippen LogP contribution in [0.15, 0.2) is 78.9 Å². The maximum absolute atomic E-state index is 11.9. The predicted molar refractivity (Wildman–Crippen MR) is 123 cm³/mol. The van der Waals surface area contributed by atoms with Crippen LogP contribution in [-0.2, 0) is 17.8 Å². The summed E-state index contributed by atoms with van der Waals surface area (Å²) in [7, 11) is 0. The van der Waals surface area contributed by atoms with Crippen molar-refractivity contribution >= 4 is 5.91 Å². The highest BCUT2D eigenvalue weighted by molar-refractivity contribution is 5.78.